The summed E-state index contributed by atoms with van der Waals surface area (Å²) >= 11 is 0. The largest absolute Gasteiger partial charge is 0.381 e. The predicted molar refractivity (Wildman–Crippen MR) is 56.2 cm³/mol. The summed E-state index contributed by atoms with van der Waals surface area (Å²) in [7, 11) is 0. The first-order chi connectivity index (χ1) is 7.84. The number of hydrogen-bond donors (Lipinski definition) is 0. The van der Waals surface area contributed by atoms with Crippen LogP contribution in [0.5, 0.6) is 0 Å². The Morgan fingerprint density at radius 3 is 3.31 bits per heavy atom. The summed E-state index contributed by atoms with van der Waals surface area (Å²) in [6, 6.07) is 1.51. The van der Waals surface area contributed by atoms with Crippen molar-refractivity contribution in [1.29, 1.82) is 0 Å². The van der Waals surface area contributed by atoms with Gasteiger partial charge in [0.2, 0.25) is 5.78 Å². The van der Waals surface area contributed by atoms with Crippen molar-refractivity contribution in [3.8, 4) is 0 Å². The Bertz CT molecular complexity index is 553. The zero-order valence-corrected chi connectivity index (χ0v) is 8.74. The topological polar surface area (TPSA) is 61.4 Å². The molecule has 1 unspecified atom stereocenters. The second-order valence-corrected chi connectivity index (χ2v) is 4.01. The summed E-state index contributed by atoms with van der Waals surface area (Å²) in [6.45, 7) is 2.43. The molecule has 0 aliphatic carbocycles. The van der Waals surface area contributed by atoms with Gasteiger partial charge in [-0.3, -0.25) is 4.79 Å². The summed E-state index contributed by atoms with van der Waals surface area (Å²) < 4.78 is 8.60. The van der Waals surface area contributed by atoms with Crippen LogP contribution in [0, 0.1) is 5.92 Å². The van der Waals surface area contributed by atoms with Gasteiger partial charge in [-0.05, 0) is 6.42 Å². The van der Waals surface area contributed by atoms with Gasteiger partial charge >= 0.3 is 0 Å². The van der Waals surface area contributed by atoms with Crippen LogP contribution in [0.4, 0.5) is 0 Å². The minimum Gasteiger partial charge on any atom is -0.381 e. The lowest BCUT2D eigenvalue weighted by Gasteiger charge is -2.11. The first kappa shape index (κ1) is 9.53. The number of nitrogens with zero attached hydrogens (tertiary/aromatic N) is 4. The number of rotatable bonds is 2. The maximum absolute atomic E-state index is 11.5. The lowest BCUT2D eigenvalue weighted by atomic mass is 10.1. The molecule has 1 aliphatic heterocycles. The van der Waals surface area contributed by atoms with Gasteiger partial charge in [-0.25, -0.2) is 0 Å². The smallest absolute Gasteiger partial charge is 0.275 e. The zero-order valence-electron chi connectivity index (χ0n) is 8.74. The molecule has 3 rings (SSSR count). The molecule has 1 fully saturated rings. The molecule has 1 saturated heterocycles. The SMILES string of the molecule is O=c1ccn(CC2CCOC2)c2ncnn12. The Morgan fingerprint density at radius 1 is 1.56 bits per heavy atom. The molecule has 0 saturated carbocycles. The molecule has 0 N–H and O–H groups in total. The summed E-state index contributed by atoms with van der Waals surface area (Å²) in [4.78, 5) is 15.5. The molecule has 1 aliphatic rings. The molecular weight excluding hydrogens is 208 g/mol. The Labute approximate surface area is 91.5 Å². The van der Waals surface area contributed by atoms with Crippen molar-refractivity contribution in [2.24, 2.45) is 5.92 Å². The van der Waals surface area contributed by atoms with Crippen molar-refractivity contribution in [3.05, 3.63) is 28.9 Å². The van der Waals surface area contributed by atoms with Crippen LogP contribution in [-0.2, 0) is 11.3 Å². The lowest BCUT2D eigenvalue weighted by Crippen LogP contribution is -2.20. The van der Waals surface area contributed by atoms with E-state index in [1.54, 1.807) is 6.20 Å². The molecule has 16 heavy (non-hydrogen) atoms. The van der Waals surface area contributed by atoms with Crippen LogP contribution in [0.15, 0.2) is 23.4 Å². The third-order valence-corrected chi connectivity index (χ3v) is 2.87. The lowest BCUT2D eigenvalue weighted by molar-refractivity contribution is 0.182. The Kier molecular flexibility index (Phi) is 2.21. The Hall–Kier alpha value is -1.69. The van der Waals surface area contributed by atoms with Crippen molar-refractivity contribution < 1.29 is 4.74 Å². The highest BCUT2D eigenvalue weighted by Crippen LogP contribution is 2.15. The molecule has 1 atom stereocenters. The van der Waals surface area contributed by atoms with E-state index in [1.807, 2.05) is 4.57 Å². The standard InChI is InChI=1S/C10H12N4O2/c15-9-1-3-13(5-8-2-4-16-6-8)10-11-7-12-14(9)10/h1,3,7-8H,2,4-6H2. The molecular formula is C10H12N4O2. The first-order valence-corrected chi connectivity index (χ1v) is 5.31. The van der Waals surface area contributed by atoms with Crippen molar-refractivity contribution >= 4 is 5.78 Å². The van der Waals surface area contributed by atoms with Gasteiger partial charge in [0, 0.05) is 31.3 Å². The van der Waals surface area contributed by atoms with E-state index < -0.39 is 0 Å². The summed E-state index contributed by atoms with van der Waals surface area (Å²) in [5.41, 5.74) is -0.147. The summed E-state index contributed by atoms with van der Waals surface area (Å²) in [6.07, 6.45) is 4.23. The van der Waals surface area contributed by atoms with Crippen LogP contribution < -0.4 is 5.56 Å². The van der Waals surface area contributed by atoms with E-state index in [9.17, 15) is 4.79 Å². The minimum absolute atomic E-state index is 0.147. The predicted octanol–water partition coefficient (Wildman–Crippen LogP) is -0.0725. The van der Waals surface area contributed by atoms with Gasteiger partial charge in [0.05, 0.1) is 6.61 Å². The first-order valence-electron chi connectivity index (χ1n) is 5.31. The van der Waals surface area contributed by atoms with Gasteiger partial charge < -0.3 is 9.30 Å². The zero-order chi connectivity index (χ0) is 11.0. The second kappa shape index (κ2) is 3.71. The van der Waals surface area contributed by atoms with E-state index >= 15 is 0 Å². The van der Waals surface area contributed by atoms with Crippen LogP contribution >= 0.6 is 0 Å². The van der Waals surface area contributed by atoms with Crippen LogP contribution in [0.3, 0.4) is 0 Å². The Morgan fingerprint density at radius 2 is 2.50 bits per heavy atom. The fourth-order valence-corrected chi connectivity index (χ4v) is 2.03. The van der Waals surface area contributed by atoms with E-state index in [0.29, 0.717) is 11.7 Å². The summed E-state index contributed by atoms with van der Waals surface area (Å²) in [5, 5.41) is 3.89. The van der Waals surface area contributed by atoms with Crippen LogP contribution in [0.25, 0.3) is 5.78 Å². The van der Waals surface area contributed by atoms with E-state index in [0.717, 1.165) is 26.2 Å². The molecule has 0 radical (unpaired) electrons. The molecule has 0 aromatic carbocycles. The molecule has 3 heterocycles. The van der Waals surface area contributed by atoms with Gasteiger partial charge in [-0.1, -0.05) is 0 Å². The van der Waals surface area contributed by atoms with Crippen molar-refractivity contribution in [1.82, 2.24) is 19.2 Å². The Balaban J connectivity index is 1.99. The number of ether oxygens (including phenoxy) is 1. The van der Waals surface area contributed by atoms with E-state index in [-0.39, 0.29) is 5.56 Å². The third kappa shape index (κ3) is 1.51. The molecule has 0 amide bonds. The van der Waals surface area contributed by atoms with Crippen LogP contribution in [0.1, 0.15) is 6.42 Å². The monoisotopic (exact) mass is 220 g/mol. The average Bonchev–Trinajstić information content (AvgIpc) is 2.92. The van der Waals surface area contributed by atoms with Crippen molar-refractivity contribution in [2.45, 2.75) is 13.0 Å². The van der Waals surface area contributed by atoms with E-state index in [2.05, 4.69) is 10.1 Å². The normalized spacial score (nSPS) is 20.6. The molecule has 6 nitrogen and oxygen atoms in total. The maximum atomic E-state index is 11.5. The fraction of sp³-hybridized carbons (Fsp3) is 0.500. The quantitative estimate of drug-likeness (QED) is 0.710. The number of hydrogen-bond acceptors (Lipinski definition) is 4. The second-order valence-electron chi connectivity index (χ2n) is 4.01. The summed E-state index contributed by atoms with van der Waals surface area (Å²) in [5.74, 6) is 1.10. The maximum Gasteiger partial charge on any atom is 0.275 e. The van der Waals surface area contributed by atoms with Gasteiger partial charge in [0.1, 0.15) is 6.33 Å². The van der Waals surface area contributed by atoms with Crippen LogP contribution in [-0.4, -0.2) is 32.4 Å². The van der Waals surface area contributed by atoms with Gasteiger partial charge in [-0.2, -0.15) is 14.6 Å². The molecule has 0 bridgehead atoms. The molecule has 2 aromatic heterocycles. The van der Waals surface area contributed by atoms with Crippen molar-refractivity contribution in [2.75, 3.05) is 13.2 Å². The van der Waals surface area contributed by atoms with Crippen LogP contribution in [0.2, 0.25) is 0 Å². The highest BCUT2D eigenvalue weighted by molar-refractivity contribution is 5.25. The van der Waals surface area contributed by atoms with E-state index in [4.69, 9.17) is 4.74 Å². The van der Waals surface area contributed by atoms with Gasteiger partial charge in [0.25, 0.3) is 5.56 Å². The molecule has 6 heteroatoms. The van der Waals surface area contributed by atoms with Gasteiger partial charge in [-0.15, -0.1) is 0 Å². The molecule has 0 spiro atoms. The highest BCUT2D eigenvalue weighted by Gasteiger charge is 2.17. The van der Waals surface area contributed by atoms with Crippen molar-refractivity contribution in [3.63, 3.8) is 0 Å². The fourth-order valence-electron chi connectivity index (χ4n) is 2.03. The minimum atomic E-state index is -0.147. The van der Waals surface area contributed by atoms with Gasteiger partial charge in [0.15, 0.2) is 0 Å². The highest BCUT2D eigenvalue weighted by atomic mass is 16.5. The number of fused-ring (bicyclic) bond motifs is 1. The third-order valence-electron chi connectivity index (χ3n) is 2.87. The molecule has 84 valence electrons. The average molecular weight is 220 g/mol. The number of aromatic nitrogens is 4. The molecule has 2 aromatic rings. The van der Waals surface area contributed by atoms with E-state index in [1.165, 1.54) is 16.9 Å².